The highest BCUT2D eigenvalue weighted by molar-refractivity contribution is 7.89. The molecule has 0 atom stereocenters. The molecule has 1 saturated heterocycles. The summed E-state index contributed by atoms with van der Waals surface area (Å²) < 4.78 is 37.7. The Kier molecular flexibility index (Phi) is 4.12. The summed E-state index contributed by atoms with van der Waals surface area (Å²) in [5.41, 5.74) is 6.68. The van der Waals surface area contributed by atoms with Crippen LogP contribution in [0.2, 0.25) is 0 Å². The molecule has 1 aliphatic rings. The van der Waals surface area contributed by atoms with Crippen molar-refractivity contribution in [2.75, 3.05) is 42.3 Å². The first-order chi connectivity index (χ1) is 8.94. The van der Waals surface area contributed by atoms with Gasteiger partial charge in [0.15, 0.2) is 0 Å². The van der Waals surface area contributed by atoms with Crippen LogP contribution in [0.25, 0.3) is 0 Å². The summed E-state index contributed by atoms with van der Waals surface area (Å²) in [4.78, 5) is 2.10. The van der Waals surface area contributed by atoms with Crippen molar-refractivity contribution in [1.82, 2.24) is 4.72 Å². The molecular formula is C11H17N3O3S2. The highest BCUT2D eigenvalue weighted by atomic mass is 32.2. The summed E-state index contributed by atoms with van der Waals surface area (Å²) in [6.45, 7) is 1.17. The average Bonchev–Trinajstić information content (AvgIpc) is 2.40. The van der Waals surface area contributed by atoms with Gasteiger partial charge in [-0.1, -0.05) is 0 Å². The van der Waals surface area contributed by atoms with Gasteiger partial charge in [-0.25, -0.2) is 13.1 Å². The summed E-state index contributed by atoms with van der Waals surface area (Å²) in [7, 11) is -2.99. The van der Waals surface area contributed by atoms with Crippen LogP contribution in [0.1, 0.15) is 0 Å². The minimum Gasteiger partial charge on any atom is -0.399 e. The molecule has 2 rings (SSSR count). The van der Waals surface area contributed by atoms with E-state index < -0.39 is 20.8 Å². The number of hydrogen-bond acceptors (Lipinski definition) is 5. The lowest BCUT2D eigenvalue weighted by Gasteiger charge is -2.30. The second-order valence-electron chi connectivity index (χ2n) is 4.27. The van der Waals surface area contributed by atoms with Crippen molar-refractivity contribution in [3.8, 4) is 0 Å². The van der Waals surface area contributed by atoms with Gasteiger partial charge in [0.05, 0.1) is 5.69 Å². The molecule has 0 bridgehead atoms. The summed E-state index contributed by atoms with van der Waals surface area (Å²) in [6.07, 6.45) is 0. The van der Waals surface area contributed by atoms with E-state index in [9.17, 15) is 12.6 Å². The van der Waals surface area contributed by atoms with Crippen LogP contribution in [0.15, 0.2) is 23.1 Å². The van der Waals surface area contributed by atoms with E-state index in [1.165, 1.54) is 13.1 Å². The van der Waals surface area contributed by atoms with Gasteiger partial charge in [-0.05, 0) is 25.2 Å². The molecule has 1 aliphatic heterocycles. The summed E-state index contributed by atoms with van der Waals surface area (Å²) >= 11 is 0. The van der Waals surface area contributed by atoms with Gasteiger partial charge in [-0.2, -0.15) is 0 Å². The van der Waals surface area contributed by atoms with Crippen molar-refractivity contribution in [2.24, 2.45) is 0 Å². The monoisotopic (exact) mass is 303 g/mol. The Hall–Kier alpha value is -1.12. The number of nitrogens with two attached hydrogens (primary N) is 1. The Balaban J connectivity index is 2.43. The van der Waals surface area contributed by atoms with Crippen molar-refractivity contribution in [1.29, 1.82) is 0 Å². The second kappa shape index (κ2) is 5.48. The van der Waals surface area contributed by atoms with Crippen LogP contribution in [0.4, 0.5) is 11.4 Å². The van der Waals surface area contributed by atoms with Crippen molar-refractivity contribution in [2.45, 2.75) is 4.90 Å². The Labute approximate surface area is 115 Å². The number of anilines is 2. The first kappa shape index (κ1) is 14.3. The third kappa shape index (κ3) is 3.07. The first-order valence-electron chi connectivity index (χ1n) is 5.87. The van der Waals surface area contributed by atoms with Crippen molar-refractivity contribution in [3.63, 3.8) is 0 Å². The van der Waals surface area contributed by atoms with Crippen molar-refractivity contribution < 1.29 is 12.6 Å². The van der Waals surface area contributed by atoms with E-state index in [-0.39, 0.29) is 4.90 Å². The lowest BCUT2D eigenvalue weighted by molar-refractivity contribution is 0.588. The number of sulfonamides is 1. The van der Waals surface area contributed by atoms with Crippen LogP contribution in [0.3, 0.4) is 0 Å². The van der Waals surface area contributed by atoms with E-state index in [1.54, 1.807) is 12.1 Å². The van der Waals surface area contributed by atoms with Gasteiger partial charge in [0.1, 0.15) is 4.90 Å². The van der Waals surface area contributed by atoms with Gasteiger partial charge in [-0.15, -0.1) is 0 Å². The third-order valence-electron chi connectivity index (χ3n) is 3.06. The maximum absolute atomic E-state index is 12.0. The fourth-order valence-electron chi connectivity index (χ4n) is 2.00. The average molecular weight is 303 g/mol. The summed E-state index contributed by atoms with van der Waals surface area (Å²) in [5, 5.41) is 0. The molecule has 19 heavy (non-hydrogen) atoms. The number of nitrogens with zero attached hydrogens (tertiary/aromatic N) is 1. The predicted molar refractivity (Wildman–Crippen MR) is 77.2 cm³/mol. The maximum Gasteiger partial charge on any atom is 0.242 e. The second-order valence-corrected chi connectivity index (χ2v) is 7.82. The lowest BCUT2D eigenvalue weighted by atomic mass is 10.2. The maximum atomic E-state index is 12.0. The van der Waals surface area contributed by atoms with Gasteiger partial charge in [0.2, 0.25) is 10.0 Å². The van der Waals surface area contributed by atoms with Crippen molar-refractivity contribution in [3.05, 3.63) is 18.2 Å². The highest BCUT2D eigenvalue weighted by Gasteiger charge is 2.23. The van der Waals surface area contributed by atoms with Gasteiger partial charge in [0.25, 0.3) is 0 Å². The molecule has 8 heteroatoms. The predicted octanol–water partition coefficient (Wildman–Crippen LogP) is -0.254. The molecular weight excluding hydrogens is 286 g/mol. The Morgan fingerprint density at radius 1 is 1.32 bits per heavy atom. The third-order valence-corrected chi connectivity index (χ3v) is 5.78. The van der Waals surface area contributed by atoms with Crippen LogP contribution < -0.4 is 15.4 Å². The zero-order valence-corrected chi connectivity index (χ0v) is 12.3. The number of nitrogen functional groups attached to an aromatic ring is 1. The fraction of sp³-hybridized carbons (Fsp3) is 0.455. The lowest BCUT2D eigenvalue weighted by Crippen LogP contribution is -2.38. The van der Waals surface area contributed by atoms with E-state index in [0.717, 1.165) is 0 Å². The molecule has 0 unspecified atom stereocenters. The minimum atomic E-state index is -3.56. The van der Waals surface area contributed by atoms with Crippen LogP contribution >= 0.6 is 0 Å². The molecule has 0 aliphatic carbocycles. The number of hydrogen-bond donors (Lipinski definition) is 2. The van der Waals surface area contributed by atoms with E-state index in [2.05, 4.69) is 4.72 Å². The molecule has 6 nitrogen and oxygen atoms in total. The number of nitrogens with one attached hydrogen (secondary N) is 1. The summed E-state index contributed by atoms with van der Waals surface area (Å²) in [6, 6.07) is 4.83. The van der Waals surface area contributed by atoms with E-state index in [1.807, 2.05) is 4.90 Å². The summed E-state index contributed by atoms with van der Waals surface area (Å²) in [5.74, 6) is 1.12. The SMILES string of the molecule is CNS(=O)(=O)c1cc(N)ccc1N1CCS(=O)CC1. The smallest absolute Gasteiger partial charge is 0.242 e. The van der Waals surface area contributed by atoms with Crippen LogP contribution in [0.5, 0.6) is 0 Å². The number of rotatable bonds is 3. The minimum absolute atomic E-state index is 0.169. The van der Waals surface area contributed by atoms with Crippen LogP contribution in [-0.2, 0) is 20.8 Å². The molecule has 0 spiro atoms. The molecule has 3 N–H and O–H groups in total. The first-order valence-corrected chi connectivity index (χ1v) is 8.84. The molecule has 0 amide bonds. The normalized spacial score (nSPS) is 17.6. The van der Waals surface area contributed by atoms with E-state index in [4.69, 9.17) is 5.73 Å². The van der Waals surface area contributed by atoms with Crippen molar-refractivity contribution >= 4 is 32.2 Å². The zero-order valence-electron chi connectivity index (χ0n) is 10.6. The molecule has 1 fully saturated rings. The number of benzene rings is 1. The quantitative estimate of drug-likeness (QED) is 0.751. The van der Waals surface area contributed by atoms with E-state index in [0.29, 0.717) is 36.0 Å². The van der Waals surface area contributed by atoms with Crippen LogP contribution in [-0.4, -0.2) is 44.3 Å². The molecule has 1 aromatic rings. The Morgan fingerprint density at radius 3 is 2.53 bits per heavy atom. The van der Waals surface area contributed by atoms with Gasteiger partial charge < -0.3 is 10.6 Å². The van der Waals surface area contributed by atoms with Gasteiger partial charge in [-0.3, -0.25) is 4.21 Å². The standard InChI is InChI=1S/C11H17N3O3S2/c1-13-19(16,17)11-8-9(12)2-3-10(11)14-4-6-18(15)7-5-14/h2-3,8,13H,4-7,12H2,1H3. The molecule has 0 aromatic heterocycles. The zero-order chi connectivity index (χ0) is 14.0. The van der Waals surface area contributed by atoms with Gasteiger partial charge >= 0.3 is 0 Å². The van der Waals surface area contributed by atoms with Gasteiger partial charge in [0, 0.05) is 41.1 Å². The highest BCUT2D eigenvalue weighted by Crippen LogP contribution is 2.28. The fourth-order valence-corrected chi connectivity index (χ4v) is 4.03. The Bertz CT molecular complexity index is 591. The molecule has 0 radical (unpaired) electrons. The largest absolute Gasteiger partial charge is 0.399 e. The Morgan fingerprint density at radius 2 is 1.95 bits per heavy atom. The molecule has 1 heterocycles. The van der Waals surface area contributed by atoms with E-state index >= 15 is 0 Å². The molecule has 106 valence electrons. The molecule has 0 saturated carbocycles. The van der Waals surface area contributed by atoms with Crippen LogP contribution in [0, 0.1) is 0 Å². The topological polar surface area (TPSA) is 92.5 Å². The molecule has 1 aromatic carbocycles.